The molecule has 0 aliphatic heterocycles. The van der Waals surface area contributed by atoms with Crippen molar-refractivity contribution >= 4 is 23.4 Å². The van der Waals surface area contributed by atoms with Crippen molar-refractivity contribution < 1.29 is 18.7 Å². The summed E-state index contributed by atoms with van der Waals surface area (Å²) in [7, 11) is 0. The standard InChI is InChI=1S/C16H14ClFN2O3/c17-13-5-2-6-14(18)12(13)9-23-11-4-1-3-10(7-11)16(22)20-8-15(19)21/h1-7H,8-9H2,(H2,19,21)(H,20,22). The van der Waals surface area contributed by atoms with Gasteiger partial charge in [0.05, 0.1) is 11.6 Å². The molecule has 2 rings (SSSR count). The van der Waals surface area contributed by atoms with Crippen molar-refractivity contribution in [3.05, 3.63) is 64.4 Å². The van der Waals surface area contributed by atoms with E-state index >= 15 is 0 Å². The van der Waals surface area contributed by atoms with Crippen LogP contribution in [-0.4, -0.2) is 18.4 Å². The number of nitrogens with one attached hydrogen (secondary N) is 1. The molecule has 0 unspecified atom stereocenters. The molecule has 0 atom stereocenters. The summed E-state index contributed by atoms with van der Waals surface area (Å²) in [4.78, 5) is 22.5. The molecule has 23 heavy (non-hydrogen) atoms. The van der Waals surface area contributed by atoms with Crippen LogP contribution in [0.4, 0.5) is 4.39 Å². The van der Waals surface area contributed by atoms with Crippen molar-refractivity contribution in [1.29, 1.82) is 0 Å². The van der Waals surface area contributed by atoms with E-state index in [1.165, 1.54) is 18.2 Å². The molecule has 5 nitrogen and oxygen atoms in total. The van der Waals surface area contributed by atoms with Gasteiger partial charge in [-0.05, 0) is 30.3 Å². The van der Waals surface area contributed by atoms with Crippen LogP contribution in [0.3, 0.4) is 0 Å². The van der Waals surface area contributed by atoms with Crippen molar-refractivity contribution in [2.45, 2.75) is 6.61 Å². The fourth-order valence-electron chi connectivity index (χ4n) is 1.82. The number of amides is 2. The molecule has 0 saturated heterocycles. The quantitative estimate of drug-likeness (QED) is 0.849. The summed E-state index contributed by atoms with van der Waals surface area (Å²) >= 11 is 5.92. The van der Waals surface area contributed by atoms with Gasteiger partial charge in [-0.3, -0.25) is 9.59 Å². The third-order valence-electron chi connectivity index (χ3n) is 2.96. The Morgan fingerprint density at radius 1 is 1.22 bits per heavy atom. The Kier molecular flexibility index (Phi) is 5.54. The Bertz CT molecular complexity index is 717. The third-order valence-corrected chi connectivity index (χ3v) is 3.32. The second-order valence-corrected chi connectivity index (χ2v) is 5.07. The molecule has 2 aromatic carbocycles. The number of nitrogens with two attached hydrogens (primary N) is 1. The molecule has 2 amide bonds. The van der Waals surface area contributed by atoms with Crippen LogP contribution in [-0.2, 0) is 11.4 Å². The highest BCUT2D eigenvalue weighted by Crippen LogP contribution is 2.22. The topological polar surface area (TPSA) is 81.4 Å². The largest absolute Gasteiger partial charge is 0.489 e. The van der Waals surface area contributed by atoms with E-state index < -0.39 is 17.6 Å². The molecule has 2 aromatic rings. The second kappa shape index (κ2) is 7.60. The van der Waals surface area contributed by atoms with Crippen LogP contribution in [0.15, 0.2) is 42.5 Å². The Labute approximate surface area is 137 Å². The maximum absolute atomic E-state index is 13.7. The number of ether oxygens (including phenoxy) is 1. The lowest BCUT2D eigenvalue weighted by atomic mass is 10.2. The van der Waals surface area contributed by atoms with Crippen molar-refractivity contribution in [2.24, 2.45) is 5.73 Å². The highest BCUT2D eigenvalue weighted by Gasteiger charge is 2.10. The van der Waals surface area contributed by atoms with Gasteiger partial charge in [0, 0.05) is 11.1 Å². The molecule has 0 spiro atoms. The number of hydrogen-bond donors (Lipinski definition) is 2. The van der Waals surface area contributed by atoms with Gasteiger partial charge in [-0.1, -0.05) is 23.7 Å². The van der Waals surface area contributed by atoms with Gasteiger partial charge in [0.15, 0.2) is 0 Å². The first-order valence-corrected chi connectivity index (χ1v) is 7.07. The van der Waals surface area contributed by atoms with Crippen LogP contribution in [0.2, 0.25) is 5.02 Å². The van der Waals surface area contributed by atoms with Gasteiger partial charge < -0.3 is 15.8 Å². The molecule has 0 bridgehead atoms. The van der Waals surface area contributed by atoms with Crippen LogP contribution >= 0.6 is 11.6 Å². The summed E-state index contributed by atoms with van der Waals surface area (Å²) in [5.74, 6) is -1.19. The molecular formula is C16H14ClFN2O3. The number of primary amides is 1. The van der Waals surface area contributed by atoms with E-state index in [4.69, 9.17) is 22.1 Å². The highest BCUT2D eigenvalue weighted by atomic mass is 35.5. The second-order valence-electron chi connectivity index (χ2n) is 4.67. The Balaban J connectivity index is 2.05. The van der Waals surface area contributed by atoms with Crippen LogP contribution in [0.25, 0.3) is 0 Å². The van der Waals surface area contributed by atoms with Gasteiger partial charge in [-0.2, -0.15) is 0 Å². The van der Waals surface area contributed by atoms with Crippen LogP contribution in [0, 0.1) is 5.82 Å². The maximum atomic E-state index is 13.7. The predicted octanol–water partition coefficient (Wildman–Crippen LogP) is 2.27. The molecule has 7 heteroatoms. The monoisotopic (exact) mass is 336 g/mol. The molecule has 0 heterocycles. The summed E-state index contributed by atoms with van der Waals surface area (Å²) < 4.78 is 19.1. The Morgan fingerprint density at radius 2 is 1.96 bits per heavy atom. The van der Waals surface area contributed by atoms with Crippen LogP contribution in [0.1, 0.15) is 15.9 Å². The van der Waals surface area contributed by atoms with Crippen LogP contribution in [0.5, 0.6) is 5.75 Å². The van der Waals surface area contributed by atoms with Gasteiger partial charge in [-0.15, -0.1) is 0 Å². The molecule has 0 aromatic heterocycles. The number of benzene rings is 2. The number of carbonyl (C=O) groups is 2. The minimum atomic E-state index is -0.639. The first-order chi connectivity index (χ1) is 11.0. The van der Waals surface area contributed by atoms with Crippen LogP contribution < -0.4 is 15.8 Å². The summed E-state index contributed by atoms with van der Waals surface area (Å²) in [5.41, 5.74) is 5.49. The van der Waals surface area contributed by atoms with Gasteiger partial charge in [-0.25, -0.2) is 4.39 Å². The highest BCUT2D eigenvalue weighted by molar-refractivity contribution is 6.31. The summed E-state index contributed by atoms with van der Waals surface area (Å²) in [6.07, 6.45) is 0. The first kappa shape index (κ1) is 16.8. The number of carbonyl (C=O) groups excluding carboxylic acids is 2. The lowest BCUT2D eigenvalue weighted by molar-refractivity contribution is -0.117. The predicted molar refractivity (Wildman–Crippen MR) is 83.7 cm³/mol. The van der Waals surface area contributed by atoms with E-state index in [1.807, 2.05) is 0 Å². The van der Waals surface area contributed by atoms with Crippen molar-refractivity contribution in [1.82, 2.24) is 5.32 Å². The van der Waals surface area contributed by atoms with E-state index in [0.29, 0.717) is 11.3 Å². The number of halogens is 2. The van der Waals surface area contributed by atoms with Gasteiger partial charge in [0.25, 0.3) is 5.91 Å². The average molecular weight is 337 g/mol. The molecule has 3 N–H and O–H groups in total. The number of rotatable bonds is 6. The molecule has 0 aliphatic carbocycles. The first-order valence-electron chi connectivity index (χ1n) is 6.69. The Hall–Kier alpha value is -2.60. The minimum absolute atomic E-state index is 0.0716. The molecule has 0 saturated carbocycles. The van der Waals surface area contributed by atoms with Crippen molar-refractivity contribution in [2.75, 3.05) is 6.54 Å². The summed E-state index contributed by atoms with van der Waals surface area (Å²) in [6.45, 7) is -0.327. The third kappa shape index (κ3) is 4.69. The molecule has 0 radical (unpaired) electrons. The zero-order valence-corrected chi connectivity index (χ0v) is 12.8. The number of hydrogen-bond acceptors (Lipinski definition) is 3. The molecule has 0 aliphatic rings. The lowest BCUT2D eigenvalue weighted by Crippen LogP contribution is -2.33. The van der Waals surface area contributed by atoms with Gasteiger partial charge in [0.2, 0.25) is 5.91 Å². The summed E-state index contributed by atoms with van der Waals surface area (Å²) in [5, 5.41) is 2.63. The van der Waals surface area contributed by atoms with Gasteiger partial charge >= 0.3 is 0 Å². The Morgan fingerprint density at radius 3 is 2.65 bits per heavy atom. The fourth-order valence-corrected chi connectivity index (χ4v) is 2.04. The zero-order chi connectivity index (χ0) is 16.8. The van der Waals surface area contributed by atoms with E-state index in [1.54, 1.807) is 24.3 Å². The lowest BCUT2D eigenvalue weighted by Gasteiger charge is -2.10. The molecule has 120 valence electrons. The zero-order valence-electron chi connectivity index (χ0n) is 12.0. The SMILES string of the molecule is NC(=O)CNC(=O)c1cccc(OCc2c(F)cccc2Cl)c1. The average Bonchev–Trinajstić information content (AvgIpc) is 2.52. The normalized spacial score (nSPS) is 10.2. The van der Waals surface area contributed by atoms with E-state index in [0.717, 1.165) is 0 Å². The smallest absolute Gasteiger partial charge is 0.251 e. The van der Waals surface area contributed by atoms with Crippen molar-refractivity contribution in [3.8, 4) is 5.75 Å². The van der Waals surface area contributed by atoms with E-state index in [-0.39, 0.29) is 23.7 Å². The molecular weight excluding hydrogens is 323 g/mol. The van der Waals surface area contributed by atoms with E-state index in [2.05, 4.69) is 5.32 Å². The van der Waals surface area contributed by atoms with Gasteiger partial charge in [0.1, 0.15) is 18.2 Å². The fraction of sp³-hybridized carbons (Fsp3) is 0.125. The summed E-state index contributed by atoms with van der Waals surface area (Å²) in [6, 6.07) is 10.6. The van der Waals surface area contributed by atoms with Crippen molar-refractivity contribution in [3.63, 3.8) is 0 Å². The minimum Gasteiger partial charge on any atom is -0.489 e. The maximum Gasteiger partial charge on any atom is 0.251 e. The van der Waals surface area contributed by atoms with E-state index in [9.17, 15) is 14.0 Å². The molecule has 0 fully saturated rings.